The number of rotatable bonds is 6. The summed E-state index contributed by atoms with van der Waals surface area (Å²) in [6, 6.07) is 2.03. The second-order valence-electron chi connectivity index (χ2n) is 5.37. The first-order valence-electron chi connectivity index (χ1n) is 7.63. The van der Waals surface area contributed by atoms with Gasteiger partial charge in [-0.25, -0.2) is 9.97 Å². The maximum atomic E-state index is 4.65. The summed E-state index contributed by atoms with van der Waals surface area (Å²) in [5.41, 5.74) is 1.05. The van der Waals surface area contributed by atoms with Gasteiger partial charge in [0.2, 0.25) is 0 Å². The van der Waals surface area contributed by atoms with Crippen LogP contribution in [0.25, 0.3) is 0 Å². The molecule has 1 atom stereocenters. The van der Waals surface area contributed by atoms with Crippen molar-refractivity contribution >= 4 is 17.6 Å². The Hall–Kier alpha value is -0.810. The highest BCUT2D eigenvalue weighted by molar-refractivity contribution is 8.00. The average molecular weight is 294 g/mol. The lowest BCUT2D eigenvalue weighted by Gasteiger charge is -2.31. The van der Waals surface area contributed by atoms with E-state index in [2.05, 4.69) is 45.8 Å². The van der Waals surface area contributed by atoms with Gasteiger partial charge in [0.05, 0.1) is 6.54 Å². The first-order chi connectivity index (χ1) is 9.71. The molecule has 1 aromatic heterocycles. The van der Waals surface area contributed by atoms with Gasteiger partial charge >= 0.3 is 0 Å². The van der Waals surface area contributed by atoms with Crippen molar-refractivity contribution in [1.82, 2.24) is 14.9 Å². The van der Waals surface area contributed by atoms with Gasteiger partial charge < -0.3 is 5.32 Å². The molecule has 4 nitrogen and oxygen atoms in total. The van der Waals surface area contributed by atoms with Crippen LogP contribution in [0, 0.1) is 6.92 Å². The normalized spacial score (nSPS) is 20.1. The summed E-state index contributed by atoms with van der Waals surface area (Å²) in [6.07, 6.45) is 2.36. The van der Waals surface area contributed by atoms with Crippen LogP contribution in [-0.2, 0) is 6.54 Å². The van der Waals surface area contributed by atoms with E-state index in [0.717, 1.165) is 55.2 Å². The van der Waals surface area contributed by atoms with Gasteiger partial charge in [-0.2, -0.15) is 11.8 Å². The number of hydrogen-bond donors (Lipinski definition) is 1. The highest BCUT2D eigenvalue weighted by Gasteiger charge is 2.19. The number of hydrogen-bond acceptors (Lipinski definition) is 5. The number of anilines is 1. The largest absolute Gasteiger partial charge is 0.370 e. The molecule has 5 heteroatoms. The molecule has 20 heavy (non-hydrogen) atoms. The van der Waals surface area contributed by atoms with Crippen LogP contribution in [0.5, 0.6) is 0 Å². The fourth-order valence-electron chi connectivity index (χ4n) is 2.42. The zero-order chi connectivity index (χ0) is 14.4. The summed E-state index contributed by atoms with van der Waals surface area (Å²) >= 11 is 2.10. The van der Waals surface area contributed by atoms with Crippen molar-refractivity contribution in [2.24, 2.45) is 0 Å². The molecule has 1 N–H and O–H groups in total. The van der Waals surface area contributed by atoms with Crippen LogP contribution in [-0.4, -0.2) is 45.5 Å². The topological polar surface area (TPSA) is 41.1 Å². The first-order valence-corrected chi connectivity index (χ1v) is 8.68. The lowest BCUT2D eigenvalue weighted by atomic mass is 10.3. The van der Waals surface area contributed by atoms with E-state index >= 15 is 0 Å². The van der Waals surface area contributed by atoms with Crippen LogP contribution in [0.1, 0.15) is 38.2 Å². The van der Waals surface area contributed by atoms with Crippen LogP contribution in [0.15, 0.2) is 6.07 Å². The lowest BCUT2D eigenvalue weighted by molar-refractivity contribution is 0.266. The Morgan fingerprint density at radius 2 is 2.25 bits per heavy atom. The van der Waals surface area contributed by atoms with Crippen molar-refractivity contribution in [3.63, 3.8) is 0 Å². The first kappa shape index (κ1) is 15.6. The predicted molar refractivity (Wildman–Crippen MR) is 87.4 cm³/mol. The fraction of sp³-hybridized carbons (Fsp3) is 0.733. The number of nitrogens with zero attached hydrogens (tertiary/aromatic N) is 3. The molecule has 1 saturated heterocycles. The third-order valence-electron chi connectivity index (χ3n) is 3.50. The van der Waals surface area contributed by atoms with E-state index in [9.17, 15) is 0 Å². The maximum Gasteiger partial charge on any atom is 0.144 e. The molecule has 0 aromatic carbocycles. The molecule has 2 heterocycles. The average Bonchev–Trinajstić information content (AvgIpc) is 2.44. The number of aromatic nitrogens is 2. The molecule has 0 saturated carbocycles. The Kier molecular flexibility index (Phi) is 6.10. The van der Waals surface area contributed by atoms with Crippen LogP contribution >= 0.6 is 11.8 Å². The summed E-state index contributed by atoms with van der Waals surface area (Å²) in [5.74, 6) is 3.14. The minimum Gasteiger partial charge on any atom is -0.370 e. The monoisotopic (exact) mass is 294 g/mol. The molecule has 0 radical (unpaired) electrons. The minimum absolute atomic E-state index is 0.770. The molecule has 0 aliphatic carbocycles. The Balaban J connectivity index is 1.99. The molecule has 2 rings (SSSR count). The zero-order valence-corrected chi connectivity index (χ0v) is 13.7. The van der Waals surface area contributed by atoms with Gasteiger partial charge in [-0.05, 0) is 19.8 Å². The zero-order valence-electron chi connectivity index (χ0n) is 12.9. The highest BCUT2D eigenvalue weighted by Crippen LogP contribution is 2.22. The van der Waals surface area contributed by atoms with E-state index < -0.39 is 0 Å². The summed E-state index contributed by atoms with van der Waals surface area (Å²) < 4.78 is 0. The van der Waals surface area contributed by atoms with Gasteiger partial charge in [0.25, 0.3) is 0 Å². The Bertz CT molecular complexity index is 424. The number of thioether (sulfide) groups is 1. The van der Waals surface area contributed by atoms with Crippen molar-refractivity contribution in [3.05, 3.63) is 17.6 Å². The lowest BCUT2D eigenvalue weighted by Crippen LogP contribution is -2.37. The number of nitrogens with one attached hydrogen (secondary N) is 1. The molecule has 1 aromatic rings. The van der Waals surface area contributed by atoms with Crippen LogP contribution in [0.2, 0.25) is 0 Å². The van der Waals surface area contributed by atoms with E-state index in [-0.39, 0.29) is 0 Å². The van der Waals surface area contributed by atoms with E-state index in [1.54, 1.807) is 0 Å². The molecule has 1 unspecified atom stereocenters. The van der Waals surface area contributed by atoms with E-state index in [1.807, 2.05) is 13.0 Å². The van der Waals surface area contributed by atoms with Crippen LogP contribution < -0.4 is 5.32 Å². The summed E-state index contributed by atoms with van der Waals surface area (Å²) in [6.45, 7) is 10.6. The standard InChI is InChI=1S/C15H26N4S/c1-4-6-16-14-9-12(3)17-15(18-14)11-19-7-8-20-13(5-2)10-19/h9,13H,4-8,10-11H2,1-3H3,(H,16,17,18). The summed E-state index contributed by atoms with van der Waals surface area (Å²) in [5, 5.41) is 4.13. The quantitative estimate of drug-likeness (QED) is 0.873. The Morgan fingerprint density at radius 3 is 3.00 bits per heavy atom. The van der Waals surface area contributed by atoms with Crippen molar-refractivity contribution in [3.8, 4) is 0 Å². The third kappa shape index (κ3) is 4.63. The SMILES string of the molecule is CCCNc1cc(C)nc(CN2CCSC(CC)C2)n1. The van der Waals surface area contributed by atoms with Crippen molar-refractivity contribution in [2.45, 2.75) is 45.4 Å². The Labute approximate surface area is 126 Å². The molecular formula is C15H26N4S. The van der Waals surface area contributed by atoms with E-state index in [1.165, 1.54) is 12.2 Å². The molecule has 1 fully saturated rings. The predicted octanol–water partition coefficient (Wildman–Crippen LogP) is 2.93. The second kappa shape index (κ2) is 7.84. The maximum absolute atomic E-state index is 4.65. The van der Waals surface area contributed by atoms with Gasteiger partial charge in [-0.1, -0.05) is 13.8 Å². The Morgan fingerprint density at radius 1 is 1.40 bits per heavy atom. The second-order valence-corrected chi connectivity index (χ2v) is 6.78. The minimum atomic E-state index is 0.770. The van der Waals surface area contributed by atoms with Gasteiger partial charge in [-0.15, -0.1) is 0 Å². The van der Waals surface area contributed by atoms with Crippen molar-refractivity contribution in [1.29, 1.82) is 0 Å². The van der Waals surface area contributed by atoms with Crippen LogP contribution in [0.4, 0.5) is 5.82 Å². The number of aryl methyl sites for hydroxylation is 1. The molecule has 0 spiro atoms. The molecule has 1 aliphatic heterocycles. The van der Waals surface area contributed by atoms with Crippen molar-refractivity contribution < 1.29 is 0 Å². The highest BCUT2D eigenvalue weighted by atomic mass is 32.2. The fourth-order valence-corrected chi connectivity index (χ4v) is 3.66. The summed E-state index contributed by atoms with van der Waals surface area (Å²) in [4.78, 5) is 11.7. The summed E-state index contributed by atoms with van der Waals surface area (Å²) in [7, 11) is 0. The smallest absolute Gasteiger partial charge is 0.144 e. The van der Waals surface area contributed by atoms with Crippen molar-refractivity contribution in [2.75, 3.05) is 30.7 Å². The van der Waals surface area contributed by atoms with E-state index in [4.69, 9.17) is 0 Å². The molecule has 1 aliphatic rings. The molecular weight excluding hydrogens is 268 g/mol. The molecule has 0 bridgehead atoms. The van der Waals surface area contributed by atoms with E-state index in [0.29, 0.717) is 0 Å². The molecule has 112 valence electrons. The third-order valence-corrected chi connectivity index (χ3v) is 4.87. The van der Waals surface area contributed by atoms with Gasteiger partial charge in [0.1, 0.15) is 11.6 Å². The van der Waals surface area contributed by atoms with Gasteiger partial charge in [0, 0.05) is 42.4 Å². The van der Waals surface area contributed by atoms with Crippen LogP contribution in [0.3, 0.4) is 0 Å². The van der Waals surface area contributed by atoms with Gasteiger partial charge in [0.15, 0.2) is 0 Å². The van der Waals surface area contributed by atoms with Gasteiger partial charge in [-0.3, -0.25) is 4.90 Å². The molecule has 0 amide bonds.